The fourth-order valence-corrected chi connectivity index (χ4v) is 4.46. The molecule has 2 aromatic carbocycles. The summed E-state index contributed by atoms with van der Waals surface area (Å²) in [4.78, 5) is 18.7. The Morgan fingerprint density at radius 2 is 1.82 bits per heavy atom. The van der Waals surface area contributed by atoms with Crippen molar-refractivity contribution in [3.63, 3.8) is 0 Å². The number of hydrogen-bond acceptors (Lipinski definition) is 4. The molecule has 5 aromatic rings. The lowest BCUT2D eigenvalue weighted by Gasteiger charge is -2.06. The summed E-state index contributed by atoms with van der Waals surface area (Å²) >= 11 is 13.5. The molecule has 5 rings (SSSR count). The molecule has 28 heavy (non-hydrogen) atoms. The van der Waals surface area contributed by atoms with Gasteiger partial charge >= 0.3 is 0 Å². The van der Waals surface area contributed by atoms with Gasteiger partial charge in [-0.15, -0.1) is 11.3 Å². The molecule has 0 unspecified atom stereocenters. The summed E-state index contributed by atoms with van der Waals surface area (Å²) in [6, 6.07) is 12.6. The van der Waals surface area contributed by atoms with E-state index in [0.717, 1.165) is 21.9 Å². The molecule has 0 aliphatic carbocycles. The molecule has 0 atom stereocenters. The molecular formula is C21H12Cl2N2O2S. The van der Waals surface area contributed by atoms with Gasteiger partial charge in [-0.05, 0) is 37.3 Å². The van der Waals surface area contributed by atoms with Crippen LogP contribution in [0.2, 0.25) is 10.0 Å². The lowest BCUT2D eigenvalue weighted by molar-refractivity contribution is 0.567. The lowest BCUT2D eigenvalue weighted by Crippen LogP contribution is -2.08. The highest BCUT2D eigenvalue weighted by atomic mass is 35.5. The summed E-state index contributed by atoms with van der Waals surface area (Å²) < 4.78 is 7.82. The van der Waals surface area contributed by atoms with E-state index in [1.165, 1.54) is 11.3 Å². The fraction of sp³-hybridized carbons (Fsp3) is 0.0476. The zero-order valence-corrected chi connectivity index (χ0v) is 16.9. The quantitative estimate of drug-likeness (QED) is 0.325. The molecule has 0 N–H and O–H groups in total. The average Bonchev–Trinajstić information content (AvgIpc) is 3.25. The van der Waals surface area contributed by atoms with Crippen LogP contribution in [0, 0.1) is 6.92 Å². The van der Waals surface area contributed by atoms with Gasteiger partial charge < -0.3 is 4.42 Å². The second-order valence-corrected chi connectivity index (χ2v) is 8.12. The van der Waals surface area contributed by atoms with Crippen molar-refractivity contribution < 1.29 is 4.42 Å². The molecular weight excluding hydrogens is 415 g/mol. The van der Waals surface area contributed by atoms with Crippen LogP contribution in [0.25, 0.3) is 38.4 Å². The Kier molecular flexibility index (Phi) is 4.05. The predicted molar refractivity (Wildman–Crippen MR) is 115 cm³/mol. The molecule has 0 aliphatic rings. The Morgan fingerprint density at radius 3 is 2.61 bits per heavy atom. The summed E-state index contributed by atoms with van der Waals surface area (Å²) in [5.41, 5.74) is 3.45. The summed E-state index contributed by atoms with van der Waals surface area (Å²) in [6.07, 6.45) is 1.92. The smallest absolute Gasteiger partial charge is 0.202 e. The van der Waals surface area contributed by atoms with Gasteiger partial charge in [0.05, 0.1) is 22.3 Å². The van der Waals surface area contributed by atoms with Crippen molar-refractivity contribution in [2.24, 2.45) is 0 Å². The van der Waals surface area contributed by atoms with Gasteiger partial charge in [-0.2, -0.15) is 0 Å². The van der Waals surface area contributed by atoms with Gasteiger partial charge in [-0.25, -0.2) is 4.98 Å². The van der Waals surface area contributed by atoms with Crippen molar-refractivity contribution >= 4 is 50.5 Å². The number of thiazole rings is 1. The number of aromatic nitrogens is 2. The van der Waals surface area contributed by atoms with Crippen LogP contribution in [-0.2, 0) is 0 Å². The van der Waals surface area contributed by atoms with E-state index >= 15 is 0 Å². The van der Waals surface area contributed by atoms with Crippen LogP contribution in [0.1, 0.15) is 5.76 Å². The van der Waals surface area contributed by atoms with Crippen LogP contribution < -0.4 is 5.43 Å². The first kappa shape index (κ1) is 17.5. The molecule has 138 valence electrons. The van der Waals surface area contributed by atoms with Crippen LogP contribution in [-0.4, -0.2) is 9.38 Å². The summed E-state index contributed by atoms with van der Waals surface area (Å²) in [5, 5.41) is 3.56. The van der Waals surface area contributed by atoms with E-state index in [1.807, 2.05) is 40.2 Å². The second kappa shape index (κ2) is 6.48. The van der Waals surface area contributed by atoms with E-state index in [1.54, 1.807) is 25.1 Å². The van der Waals surface area contributed by atoms with E-state index < -0.39 is 0 Å². The average molecular weight is 427 g/mol. The number of aryl methyl sites for hydroxylation is 1. The number of fused-ring (bicyclic) bond motifs is 2. The van der Waals surface area contributed by atoms with Crippen LogP contribution in [0.5, 0.6) is 0 Å². The van der Waals surface area contributed by atoms with Crippen LogP contribution >= 0.6 is 34.5 Å². The third kappa shape index (κ3) is 2.75. The number of nitrogens with zero attached hydrogens (tertiary/aromatic N) is 2. The van der Waals surface area contributed by atoms with Gasteiger partial charge in [0.1, 0.15) is 11.3 Å². The van der Waals surface area contributed by atoms with E-state index in [0.29, 0.717) is 32.3 Å². The maximum absolute atomic E-state index is 13.2. The standard InChI is InChI=1S/C21H12Cl2N2O2S/c1-11-19(20(26)15-8-14(23)6-7-18(15)27-11)17-10-28-21-24-16(9-25(17)21)12-2-4-13(22)5-3-12/h2-10H,1H3. The minimum atomic E-state index is -0.109. The summed E-state index contributed by atoms with van der Waals surface area (Å²) in [5.74, 6) is 0.557. The van der Waals surface area contributed by atoms with Gasteiger partial charge in [0.15, 0.2) is 4.96 Å². The first-order chi connectivity index (χ1) is 13.5. The molecule has 0 aliphatic heterocycles. The van der Waals surface area contributed by atoms with Crippen molar-refractivity contribution in [2.45, 2.75) is 6.92 Å². The maximum atomic E-state index is 13.2. The van der Waals surface area contributed by atoms with Gasteiger partial charge in [0.25, 0.3) is 0 Å². The Labute approximate surface area is 173 Å². The molecule has 3 aromatic heterocycles. The first-order valence-corrected chi connectivity index (χ1v) is 10.1. The molecule has 0 fully saturated rings. The first-order valence-electron chi connectivity index (χ1n) is 8.47. The molecule has 0 spiro atoms. The monoisotopic (exact) mass is 426 g/mol. The van der Waals surface area contributed by atoms with Gasteiger partial charge in [0, 0.05) is 27.2 Å². The van der Waals surface area contributed by atoms with E-state index in [4.69, 9.17) is 27.6 Å². The van der Waals surface area contributed by atoms with E-state index in [-0.39, 0.29) is 5.43 Å². The van der Waals surface area contributed by atoms with Gasteiger partial charge in [0.2, 0.25) is 5.43 Å². The van der Waals surface area contributed by atoms with Gasteiger partial charge in [-0.1, -0.05) is 35.3 Å². The van der Waals surface area contributed by atoms with Crippen molar-refractivity contribution in [1.82, 2.24) is 9.38 Å². The number of halogens is 2. The molecule has 0 saturated heterocycles. The topological polar surface area (TPSA) is 47.5 Å². The van der Waals surface area contributed by atoms with Crippen molar-refractivity contribution in [3.8, 4) is 22.5 Å². The van der Waals surface area contributed by atoms with Crippen molar-refractivity contribution in [2.75, 3.05) is 0 Å². The number of imidazole rings is 1. The Bertz CT molecular complexity index is 1410. The molecule has 0 bridgehead atoms. The fourth-order valence-electron chi connectivity index (χ4n) is 3.30. The van der Waals surface area contributed by atoms with E-state index in [2.05, 4.69) is 4.98 Å². The van der Waals surface area contributed by atoms with Crippen LogP contribution in [0.3, 0.4) is 0 Å². The highest BCUT2D eigenvalue weighted by Crippen LogP contribution is 2.31. The summed E-state index contributed by atoms with van der Waals surface area (Å²) in [7, 11) is 0. The lowest BCUT2D eigenvalue weighted by atomic mass is 10.1. The molecule has 0 radical (unpaired) electrons. The number of benzene rings is 2. The maximum Gasteiger partial charge on any atom is 0.202 e. The predicted octanol–water partition coefficient (Wildman–Crippen LogP) is 6.45. The van der Waals surface area contributed by atoms with Gasteiger partial charge in [-0.3, -0.25) is 9.20 Å². The van der Waals surface area contributed by atoms with E-state index in [9.17, 15) is 4.79 Å². The molecule has 3 heterocycles. The zero-order valence-electron chi connectivity index (χ0n) is 14.6. The van der Waals surface area contributed by atoms with Crippen LogP contribution in [0.4, 0.5) is 0 Å². The molecule has 7 heteroatoms. The van der Waals surface area contributed by atoms with Crippen molar-refractivity contribution in [1.29, 1.82) is 0 Å². The summed E-state index contributed by atoms with van der Waals surface area (Å²) in [6.45, 7) is 1.80. The minimum Gasteiger partial charge on any atom is -0.460 e. The minimum absolute atomic E-state index is 0.109. The Balaban J connectivity index is 1.73. The molecule has 4 nitrogen and oxygen atoms in total. The normalized spacial score (nSPS) is 11.5. The molecule has 0 amide bonds. The number of hydrogen-bond donors (Lipinski definition) is 0. The Morgan fingerprint density at radius 1 is 1.07 bits per heavy atom. The van der Waals surface area contributed by atoms with Crippen LogP contribution in [0.15, 0.2) is 63.3 Å². The Hall–Kier alpha value is -2.60. The second-order valence-electron chi connectivity index (χ2n) is 6.41. The number of rotatable bonds is 2. The third-order valence-electron chi connectivity index (χ3n) is 4.63. The highest BCUT2D eigenvalue weighted by Gasteiger charge is 2.19. The third-order valence-corrected chi connectivity index (χ3v) is 5.96. The SMILES string of the molecule is Cc1oc2ccc(Cl)cc2c(=O)c1-c1csc2nc(-c3ccc(Cl)cc3)cn12. The largest absolute Gasteiger partial charge is 0.460 e. The zero-order chi connectivity index (χ0) is 19.4. The highest BCUT2D eigenvalue weighted by molar-refractivity contribution is 7.15. The molecule has 0 saturated carbocycles. The van der Waals surface area contributed by atoms with Crippen molar-refractivity contribution in [3.05, 3.63) is 80.1 Å².